The van der Waals surface area contributed by atoms with Crippen molar-refractivity contribution < 1.29 is 78.3 Å². The molecule has 0 radical (unpaired) electrons. The third-order valence-electron chi connectivity index (χ3n) is 8.17. The fourth-order valence-electron chi connectivity index (χ4n) is 5.64. The topological polar surface area (TPSA) is 164 Å². The summed E-state index contributed by atoms with van der Waals surface area (Å²) in [5, 5.41) is 18.0. The van der Waals surface area contributed by atoms with Gasteiger partial charge in [0.2, 0.25) is 11.9 Å². The molecule has 1 aromatic heterocycles. The number of carbonyl (C=O) groups is 3. The Morgan fingerprint density at radius 2 is 1.56 bits per heavy atom. The predicted octanol–water partition coefficient (Wildman–Crippen LogP) is 3.38. The van der Waals surface area contributed by atoms with Crippen LogP contribution in [0.3, 0.4) is 0 Å². The number of piperazine rings is 1. The van der Waals surface area contributed by atoms with E-state index in [1.54, 1.807) is 19.1 Å². The van der Waals surface area contributed by atoms with Gasteiger partial charge in [-0.2, -0.15) is 39.5 Å². The molecule has 22 heteroatoms. The molecule has 3 fully saturated rings. The summed E-state index contributed by atoms with van der Waals surface area (Å²) in [6.07, 6.45) is -9.68. The van der Waals surface area contributed by atoms with Crippen molar-refractivity contribution in [3.05, 3.63) is 18.0 Å². The van der Waals surface area contributed by atoms with E-state index in [2.05, 4.69) is 15.3 Å². The SMILES string of the molecule is COCC[C@]1(C(=O)N2CCN(c3nccc(C(F)(F)F)n3)CC2)CC[C@H](NC2CCOCC2OC)C1.O=C(O)C(F)(F)F.O=C(O)C(F)(F)F. The Balaban J connectivity index is 0.000000521. The maximum Gasteiger partial charge on any atom is 0.490 e. The number of ether oxygens (including phenoxy) is 3. The molecule has 1 amide bonds. The molecule has 3 N–H and O–H groups in total. The van der Waals surface area contributed by atoms with Crippen LogP contribution in [0.25, 0.3) is 0 Å². The number of anilines is 1. The molecule has 286 valence electrons. The maximum absolute atomic E-state index is 13.8. The number of alkyl halides is 9. The number of rotatable bonds is 8. The average molecular weight is 744 g/mol. The molecule has 50 heavy (non-hydrogen) atoms. The number of methoxy groups -OCH3 is 2. The lowest BCUT2D eigenvalue weighted by Gasteiger charge is -2.40. The van der Waals surface area contributed by atoms with Gasteiger partial charge in [-0.1, -0.05) is 0 Å². The third-order valence-corrected chi connectivity index (χ3v) is 8.17. The number of hydrogen-bond acceptors (Lipinski definition) is 10. The quantitative estimate of drug-likeness (QED) is 0.334. The molecule has 0 bridgehead atoms. The van der Waals surface area contributed by atoms with Gasteiger partial charge < -0.3 is 39.5 Å². The van der Waals surface area contributed by atoms with E-state index in [4.69, 9.17) is 34.0 Å². The highest BCUT2D eigenvalue weighted by atomic mass is 19.4. The molecule has 0 spiro atoms. The largest absolute Gasteiger partial charge is 0.490 e. The first-order chi connectivity index (χ1) is 23.1. The summed E-state index contributed by atoms with van der Waals surface area (Å²) in [7, 11) is 3.33. The number of nitrogens with zero attached hydrogens (tertiary/aromatic N) is 4. The van der Waals surface area contributed by atoms with Crippen molar-refractivity contribution in [2.24, 2.45) is 5.41 Å². The molecule has 2 saturated heterocycles. The lowest BCUT2D eigenvalue weighted by atomic mass is 9.80. The number of halogens is 9. The molecule has 3 aliphatic rings. The normalized spacial score (nSPS) is 24.4. The molecule has 4 atom stereocenters. The number of carboxylic acids is 2. The zero-order valence-electron chi connectivity index (χ0n) is 26.9. The molecule has 2 unspecified atom stereocenters. The van der Waals surface area contributed by atoms with Gasteiger partial charge >= 0.3 is 30.5 Å². The van der Waals surface area contributed by atoms with Gasteiger partial charge in [0.1, 0.15) is 5.69 Å². The molecule has 0 aromatic carbocycles. The minimum absolute atomic E-state index is 0.00503. The van der Waals surface area contributed by atoms with Crippen LogP contribution < -0.4 is 10.2 Å². The lowest BCUT2D eigenvalue weighted by Crippen LogP contribution is -2.54. The van der Waals surface area contributed by atoms with Gasteiger partial charge in [0.05, 0.1) is 18.1 Å². The number of hydrogen-bond donors (Lipinski definition) is 3. The number of carbonyl (C=O) groups excluding carboxylic acids is 1. The first-order valence-corrected chi connectivity index (χ1v) is 15.0. The first-order valence-electron chi connectivity index (χ1n) is 15.0. The molecular weight excluding hydrogens is 705 g/mol. The van der Waals surface area contributed by atoms with E-state index in [-0.39, 0.29) is 30.0 Å². The van der Waals surface area contributed by atoms with Crippen LogP contribution in [-0.4, -0.2) is 134 Å². The Labute approximate surface area is 280 Å². The second kappa shape index (κ2) is 18.1. The summed E-state index contributed by atoms with van der Waals surface area (Å²) in [6.45, 7) is 3.34. The predicted molar refractivity (Wildman–Crippen MR) is 153 cm³/mol. The number of nitrogens with one attached hydrogen (secondary N) is 1. The van der Waals surface area contributed by atoms with E-state index in [0.29, 0.717) is 52.4 Å². The number of amides is 1. The second-order valence-corrected chi connectivity index (χ2v) is 11.5. The van der Waals surface area contributed by atoms with Crippen LogP contribution in [0.5, 0.6) is 0 Å². The molecule has 13 nitrogen and oxygen atoms in total. The average Bonchev–Trinajstić information content (AvgIpc) is 3.46. The zero-order valence-corrected chi connectivity index (χ0v) is 26.9. The van der Waals surface area contributed by atoms with Gasteiger partial charge in [0.25, 0.3) is 0 Å². The van der Waals surface area contributed by atoms with Gasteiger partial charge in [0.15, 0.2) is 0 Å². The number of aliphatic carboxylic acids is 2. The van der Waals surface area contributed by atoms with Crippen molar-refractivity contribution in [1.82, 2.24) is 20.2 Å². The summed E-state index contributed by atoms with van der Waals surface area (Å²) in [6, 6.07) is 1.26. The van der Waals surface area contributed by atoms with Crippen LogP contribution in [0.15, 0.2) is 12.3 Å². The molecule has 4 rings (SSSR count). The van der Waals surface area contributed by atoms with Crippen LogP contribution in [0.1, 0.15) is 37.8 Å². The fraction of sp³-hybridized carbons (Fsp3) is 0.750. The van der Waals surface area contributed by atoms with Gasteiger partial charge in [-0.25, -0.2) is 19.6 Å². The molecular formula is C28H38F9N5O8. The van der Waals surface area contributed by atoms with E-state index < -0.39 is 41.6 Å². The van der Waals surface area contributed by atoms with E-state index in [1.807, 2.05) is 4.90 Å². The summed E-state index contributed by atoms with van der Waals surface area (Å²) >= 11 is 0. The highest BCUT2D eigenvalue weighted by molar-refractivity contribution is 5.83. The Bertz CT molecular complexity index is 1240. The first kappa shape index (κ1) is 42.7. The highest BCUT2D eigenvalue weighted by Gasteiger charge is 2.48. The van der Waals surface area contributed by atoms with E-state index in [1.165, 1.54) is 0 Å². The van der Waals surface area contributed by atoms with Crippen molar-refractivity contribution in [3.63, 3.8) is 0 Å². The van der Waals surface area contributed by atoms with E-state index in [0.717, 1.165) is 37.9 Å². The highest BCUT2D eigenvalue weighted by Crippen LogP contribution is 2.43. The monoisotopic (exact) mass is 743 g/mol. The minimum Gasteiger partial charge on any atom is -0.475 e. The fourth-order valence-corrected chi connectivity index (χ4v) is 5.64. The van der Waals surface area contributed by atoms with E-state index in [9.17, 15) is 44.3 Å². The maximum atomic E-state index is 13.8. The Hall–Kier alpha value is -3.50. The summed E-state index contributed by atoms with van der Waals surface area (Å²) in [5.74, 6) is -5.37. The van der Waals surface area contributed by atoms with Crippen molar-refractivity contribution >= 4 is 23.8 Å². The molecule has 1 aliphatic carbocycles. The molecule has 3 heterocycles. The number of carboxylic acid groups (broad SMARTS) is 2. The Morgan fingerprint density at radius 1 is 0.980 bits per heavy atom. The molecule has 1 aromatic rings. The summed E-state index contributed by atoms with van der Waals surface area (Å²) < 4.78 is 119. The van der Waals surface area contributed by atoms with Crippen LogP contribution in [0, 0.1) is 5.41 Å². The van der Waals surface area contributed by atoms with Crippen molar-refractivity contribution in [1.29, 1.82) is 0 Å². The Kier molecular flexibility index (Phi) is 15.5. The molecule has 1 saturated carbocycles. The zero-order chi connectivity index (χ0) is 37.9. The van der Waals surface area contributed by atoms with Crippen LogP contribution in [-0.2, 0) is 34.8 Å². The van der Waals surface area contributed by atoms with Crippen LogP contribution >= 0.6 is 0 Å². The molecule has 2 aliphatic heterocycles. The van der Waals surface area contributed by atoms with Crippen molar-refractivity contribution in [3.8, 4) is 0 Å². The van der Waals surface area contributed by atoms with Crippen molar-refractivity contribution in [2.75, 3.05) is 65.1 Å². The van der Waals surface area contributed by atoms with Crippen LogP contribution in [0.4, 0.5) is 45.5 Å². The van der Waals surface area contributed by atoms with Gasteiger partial charge in [-0.15, -0.1) is 0 Å². The van der Waals surface area contributed by atoms with Gasteiger partial charge in [0, 0.05) is 71.9 Å². The summed E-state index contributed by atoms with van der Waals surface area (Å²) in [4.78, 5) is 42.9. The standard InChI is InChI=1S/C24H36F3N5O4.2C2HF3O2/c1-34-14-7-23(6-3-17(15-23)29-18-5-13-36-16-19(18)35-2)21(33)31-9-11-32(12-10-31)22-28-8-4-20(30-22)24(25,26)27;2*3-2(4,5)1(6)7/h4,8,17-19,29H,3,5-7,9-16H2,1-2H3;2*(H,6,7)/t17-,18?,19?,23+;;/m0../s1. The Morgan fingerprint density at radius 3 is 2.06 bits per heavy atom. The summed E-state index contributed by atoms with van der Waals surface area (Å²) in [5.41, 5.74) is -1.48. The third kappa shape index (κ3) is 12.7. The smallest absolute Gasteiger partial charge is 0.475 e. The minimum atomic E-state index is -5.08. The van der Waals surface area contributed by atoms with E-state index >= 15 is 0 Å². The van der Waals surface area contributed by atoms with Crippen molar-refractivity contribution in [2.45, 2.75) is 68.8 Å². The van der Waals surface area contributed by atoms with Gasteiger partial charge in [-0.05, 0) is 38.2 Å². The van der Waals surface area contributed by atoms with Crippen LogP contribution in [0.2, 0.25) is 0 Å². The van der Waals surface area contributed by atoms with Gasteiger partial charge in [-0.3, -0.25) is 4.79 Å². The second-order valence-electron chi connectivity index (χ2n) is 11.5. The number of aromatic nitrogens is 2. The lowest BCUT2D eigenvalue weighted by molar-refractivity contribution is -0.193.